The van der Waals surface area contributed by atoms with Crippen molar-refractivity contribution >= 4 is 102 Å². The quantitative estimate of drug-likeness (QED) is 0.0400. The molecule has 0 saturated carbocycles. The number of sulfone groups is 1. The molecule has 0 spiro atoms. The molecule has 316 valence electrons. The summed E-state index contributed by atoms with van der Waals surface area (Å²) in [5, 5.41) is 22.5. The Labute approximate surface area is 333 Å². The minimum absolute atomic E-state index is 0.115. The monoisotopic (exact) mass is 922 g/mol. The summed E-state index contributed by atoms with van der Waals surface area (Å²) < 4.78 is 176. The molecule has 5 rings (SSSR count). The van der Waals surface area contributed by atoms with Crippen molar-refractivity contribution in [2.45, 2.75) is 21.1 Å². The van der Waals surface area contributed by atoms with Crippen LogP contribution < -0.4 is 16.4 Å². The van der Waals surface area contributed by atoms with Crippen LogP contribution in [-0.2, 0) is 61.2 Å². The molecule has 0 aliphatic heterocycles. The maximum atomic E-state index is 14.9. The molecule has 5 aromatic rings. The van der Waals surface area contributed by atoms with Crippen LogP contribution in [0.2, 0.25) is 0 Å². The topological polar surface area (TPSA) is 395 Å². The van der Waals surface area contributed by atoms with Gasteiger partial charge in [0.05, 0.1) is 39.8 Å². The van der Waals surface area contributed by atoms with Crippen molar-refractivity contribution < 1.29 is 74.0 Å². The summed E-state index contributed by atoms with van der Waals surface area (Å²) >= 11 is 0. The van der Waals surface area contributed by atoms with Crippen molar-refractivity contribution in [2.75, 3.05) is 34.5 Å². The Morgan fingerprint density at radius 2 is 1.34 bits per heavy atom. The van der Waals surface area contributed by atoms with Gasteiger partial charge in [-0.3, -0.25) is 18.2 Å². The molecule has 0 radical (unpaired) electrons. The maximum Gasteiger partial charge on any atom is 0.397 e. The predicted octanol–water partition coefficient (Wildman–Crippen LogP) is 2.87. The Hall–Kier alpha value is -5.57. The van der Waals surface area contributed by atoms with Crippen molar-refractivity contribution in [1.82, 2.24) is 15.0 Å². The van der Waals surface area contributed by atoms with Gasteiger partial charge < -0.3 is 21.5 Å². The molecule has 9 N–H and O–H groups in total. The van der Waals surface area contributed by atoms with Gasteiger partial charge in [0.2, 0.25) is 11.9 Å². The van der Waals surface area contributed by atoms with Gasteiger partial charge in [-0.25, -0.2) is 27.0 Å². The first-order valence-electron chi connectivity index (χ1n) is 15.6. The van der Waals surface area contributed by atoms with E-state index in [1.54, 1.807) is 18.2 Å². The fraction of sp³-hybridized carbons (Fsp3) is 0.138. The highest BCUT2D eigenvalue weighted by molar-refractivity contribution is 7.91. The van der Waals surface area contributed by atoms with Crippen molar-refractivity contribution in [2.24, 2.45) is 10.2 Å². The predicted molar refractivity (Wildman–Crippen MR) is 203 cm³/mol. The number of phenolic OH excluding ortho intramolecular Hbond substituents is 1. The largest absolute Gasteiger partial charge is 0.507 e. The summed E-state index contributed by atoms with van der Waals surface area (Å²) in [5.41, 5.74) is 3.35. The Kier molecular flexibility index (Phi) is 12.5. The molecule has 30 heteroatoms. The lowest BCUT2D eigenvalue weighted by Gasteiger charge is -2.14. The molecule has 0 unspecified atom stereocenters. The van der Waals surface area contributed by atoms with Crippen LogP contribution in [0, 0.1) is 5.82 Å². The van der Waals surface area contributed by atoms with E-state index in [2.05, 4.69) is 40.0 Å². The van der Waals surface area contributed by atoms with Crippen LogP contribution >= 0.6 is 0 Å². The first-order chi connectivity index (χ1) is 27.2. The first-order valence-corrected chi connectivity index (χ1v) is 23.1. The number of para-hydroxylation sites is 1. The van der Waals surface area contributed by atoms with Crippen LogP contribution in [-0.4, -0.2) is 98.5 Å². The third kappa shape index (κ3) is 11.3. The Bertz CT molecular complexity index is 3100. The molecular weight excluding hydrogens is 896 g/mol. The normalized spacial score (nSPS) is 12.9. The molecule has 24 nitrogen and oxygen atoms in total. The van der Waals surface area contributed by atoms with E-state index < -0.39 is 134 Å². The third-order valence-corrected chi connectivity index (χ3v) is 12.4. The highest BCUT2D eigenvalue weighted by Crippen LogP contribution is 2.45. The zero-order valence-electron chi connectivity index (χ0n) is 29.1. The molecule has 0 atom stereocenters. The van der Waals surface area contributed by atoms with Gasteiger partial charge in [0, 0.05) is 11.8 Å². The number of aromatic nitrogens is 3. The van der Waals surface area contributed by atoms with Crippen LogP contribution in [0.4, 0.5) is 44.7 Å². The Morgan fingerprint density at radius 1 is 0.729 bits per heavy atom. The number of hydrogen-bond acceptors (Lipinski definition) is 20. The van der Waals surface area contributed by atoms with Crippen molar-refractivity contribution in [1.29, 1.82) is 0 Å². The molecule has 1 aromatic heterocycles. The van der Waals surface area contributed by atoms with Gasteiger partial charge in [-0.05, 0) is 47.7 Å². The van der Waals surface area contributed by atoms with Gasteiger partial charge in [-0.15, -0.1) is 10.2 Å². The Balaban J connectivity index is 1.53. The second kappa shape index (κ2) is 16.6. The van der Waals surface area contributed by atoms with Crippen LogP contribution in [0.1, 0.15) is 5.56 Å². The molecule has 0 aliphatic carbocycles. The second-order valence-corrected chi connectivity index (χ2v) is 19.4. The standard InChI is InChI=1S/C29H27FN8O16S5/c30-17-11-20(35-29-33-14-32-28(36-29)34-19-4-2-1-3-15(19)5-7-55(40,41)8-6-54-59(51,52)53)26(23(12-17)58(48,49)50)37-38-27-24-16(10-22(25(27)31)57(45,46)47)9-18(13-21(24)39)56(42,43)44/h1-4,9-14,39H,5-8,31H2,(H,42,43,44)(H,45,46,47)(H,48,49,50)(H,51,52,53)(H2,32,33,34,35,36). The number of nitrogen functional groups attached to an aromatic ring is 1. The smallest absolute Gasteiger partial charge is 0.397 e. The number of fused-ring (bicyclic) bond motifs is 1. The second-order valence-electron chi connectivity index (χ2n) is 11.8. The number of aryl methyl sites for hydroxylation is 1. The summed E-state index contributed by atoms with van der Waals surface area (Å²) in [5.74, 6) is -4.15. The Morgan fingerprint density at radius 3 is 1.95 bits per heavy atom. The average molecular weight is 923 g/mol. The van der Waals surface area contributed by atoms with E-state index in [4.69, 9.17) is 10.3 Å². The lowest BCUT2D eigenvalue weighted by Crippen LogP contribution is -2.19. The molecule has 0 fully saturated rings. The van der Waals surface area contributed by atoms with E-state index >= 15 is 0 Å². The van der Waals surface area contributed by atoms with Gasteiger partial charge in [0.25, 0.3) is 30.4 Å². The van der Waals surface area contributed by atoms with Crippen LogP contribution in [0.25, 0.3) is 10.8 Å². The van der Waals surface area contributed by atoms with Crippen molar-refractivity contribution in [3.8, 4) is 5.75 Å². The van der Waals surface area contributed by atoms with Gasteiger partial charge >= 0.3 is 10.4 Å². The number of halogens is 1. The minimum atomic E-state index is -5.37. The lowest BCUT2D eigenvalue weighted by atomic mass is 10.1. The summed E-state index contributed by atoms with van der Waals surface area (Å²) in [6, 6.07) is 8.98. The number of benzene rings is 4. The number of aromatic hydroxyl groups is 1. The number of rotatable bonds is 16. The van der Waals surface area contributed by atoms with Crippen LogP contribution in [0.5, 0.6) is 5.75 Å². The SMILES string of the molecule is Nc1c(S(=O)(=O)O)cc2cc(S(=O)(=O)O)cc(O)c2c1N=Nc1c(Nc2ncnc(Nc3ccccc3CCS(=O)(=O)CCOS(=O)(=O)O)n2)cc(F)cc1S(=O)(=O)O. The number of hydrogen-bond donors (Lipinski definition) is 8. The number of anilines is 5. The molecule has 1 heterocycles. The molecule has 0 saturated heterocycles. The van der Waals surface area contributed by atoms with Gasteiger partial charge in [-0.2, -0.15) is 38.7 Å². The highest BCUT2D eigenvalue weighted by atomic mass is 32.3. The zero-order chi connectivity index (χ0) is 43.7. The fourth-order valence-electron chi connectivity index (χ4n) is 5.15. The first kappa shape index (κ1) is 44.5. The summed E-state index contributed by atoms with van der Waals surface area (Å²) in [6.45, 7) is -0.821. The van der Waals surface area contributed by atoms with E-state index in [0.29, 0.717) is 35.9 Å². The third-order valence-electron chi connectivity index (χ3n) is 7.70. The van der Waals surface area contributed by atoms with Crippen molar-refractivity contribution in [3.05, 3.63) is 72.3 Å². The van der Waals surface area contributed by atoms with Gasteiger partial charge in [-0.1, -0.05) is 18.2 Å². The minimum Gasteiger partial charge on any atom is -0.507 e. The number of azo groups is 1. The van der Waals surface area contributed by atoms with Crippen molar-refractivity contribution in [3.63, 3.8) is 0 Å². The molecule has 0 bridgehead atoms. The molecule has 59 heavy (non-hydrogen) atoms. The lowest BCUT2D eigenvalue weighted by molar-refractivity contribution is 0.284. The number of nitrogens with two attached hydrogens (primary N) is 1. The van der Waals surface area contributed by atoms with E-state index in [-0.39, 0.29) is 18.1 Å². The zero-order valence-corrected chi connectivity index (χ0v) is 33.1. The van der Waals surface area contributed by atoms with E-state index in [1.165, 1.54) is 6.07 Å². The van der Waals surface area contributed by atoms with E-state index in [9.17, 15) is 65.2 Å². The number of nitrogens with one attached hydrogen (secondary N) is 2. The molecule has 0 aliphatic rings. The molecular formula is C29H27FN8O16S5. The average Bonchev–Trinajstić information content (AvgIpc) is 3.09. The number of phenols is 1. The summed E-state index contributed by atoms with van der Waals surface area (Å²) in [6.07, 6.45) is 0.817. The summed E-state index contributed by atoms with van der Waals surface area (Å²) in [4.78, 5) is 8.67. The van der Waals surface area contributed by atoms with Gasteiger partial charge in [0.15, 0.2) is 9.84 Å². The highest BCUT2D eigenvalue weighted by Gasteiger charge is 2.26. The van der Waals surface area contributed by atoms with Gasteiger partial charge in [0.1, 0.15) is 39.1 Å². The van der Waals surface area contributed by atoms with Crippen LogP contribution in [0.3, 0.4) is 0 Å². The number of nitrogens with zero attached hydrogens (tertiary/aromatic N) is 5. The fourth-order valence-corrected chi connectivity index (χ4v) is 8.47. The summed E-state index contributed by atoms with van der Waals surface area (Å²) in [7, 11) is -24.3. The van der Waals surface area contributed by atoms with E-state index in [1.807, 2.05) is 0 Å². The molecule has 4 aromatic carbocycles. The van der Waals surface area contributed by atoms with Crippen LogP contribution in [0.15, 0.2) is 85.8 Å². The molecule has 0 amide bonds. The van der Waals surface area contributed by atoms with E-state index in [0.717, 1.165) is 6.33 Å². The maximum absolute atomic E-state index is 14.9.